The van der Waals surface area contributed by atoms with Crippen LogP contribution in [0.4, 0.5) is 10.1 Å². The fourth-order valence-electron chi connectivity index (χ4n) is 1.74. The smallest absolute Gasteiger partial charge is 0.263 e. The van der Waals surface area contributed by atoms with Crippen LogP contribution in [0, 0.1) is 5.82 Å². The molecule has 1 N–H and O–H groups in total. The maximum atomic E-state index is 13.2. The minimum atomic E-state index is -3.92. The van der Waals surface area contributed by atoms with Crippen LogP contribution in [0.25, 0.3) is 0 Å². The van der Waals surface area contributed by atoms with E-state index in [0.29, 0.717) is 5.69 Å². The highest BCUT2D eigenvalue weighted by Gasteiger charge is 2.18. The first-order valence-corrected chi connectivity index (χ1v) is 9.03. The minimum Gasteiger partial charge on any atom is -0.280 e. The second-order valence-electron chi connectivity index (χ2n) is 4.32. The van der Waals surface area contributed by atoms with Crippen molar-refractivity contribution in [2.45, 2.75) is 11.3 Å². The van der Waals surface area contributed by atoms with Crippen LogP contribution in [0.3, 0.4) is 0 Å². The summed E-state index contributed by atoms with van der Waals surface area (Å²) < 4.78 is 40.0. The average Bonchev–Trinajstić information content (AvgIpc) is 2.43. The number of hydrogen-bond acceptors (Lipinski definition) is 2. The van der Waals surface area contributed by atoms with Crippen molar-refractivity contribution in [1.29, 1.82) is 0 Å². The van der Waals surface area contributed by atoms with E-state index in [2.05, 4.69) is 20.7 Å². The first-order chi connectivity index (χ1) is 9.92. The van der Waals surface area contributed by atoms with Gasteiger partial charge in [0.2, 0.25) is 0 Å². The van der Waals surface area contributed by atoms with Gasteiger partial charge in [-0.2, -0.15) is 0 Å². The molecule has 0 spiro atoms. The van der Waals surface area contributed by atoms with E-state index < -0.39 is 15.8 Å². The van der Waals surface area contributed by atoms with Crippen molar-refractivity contribution < 1.29 is 12.8 Å². The Labute approximate surface area is 136 Å². The van der Waals surface area contributed by atoms with Gasteiger partial charge < -0.3 is 0 Å². The Balaban J connectivity index is 2.26. The lowest BCUT2D eigenvalue weighted by molar-refractivity contribution is 0.595. The first-order valence-electron chi connectivity index (χ1n) is 6.05. The highest BCUT2D eigenvalue weighted by Crippen LogP contribution is 2.24. The summed E-state index contributed by atoms with van der Waals surface area (Å²) in [4.78, 5) is -0.284. The van der Waals surface area contributed by atoms with Gasteiger partial charge in [0, 0.05) is 11.0 Å². The molecule has 0 aliphatic rings. The summed E-state index contributed by atoms with van der Waals surface area (Å²) in [5.74, 6) is -0.660. The Kier molecular flexibility index (Phi) is 5.24. The Hall–Kier alpha value is -1.11. The molecule has 3 nitrogen and oxygen atoms in total. The molecule has 7 heteroatoms. The molecule has 21 heavy (non-hydrogen) atoms. The van der Waals surface area contributed by atoms with Gasteiger partial charge in [-0.05, 0) is 42.3 Å². The van der Waals surface area contributed by atoms with Crippen molar-refractivity contribution in [3.8, 4) is 0 Å². The van der Waals surface area contributed by atoms with Gasteiger partial charge in [0.1, 0.15) is 10.7 Å². The second-order valence-corrected chi connectivity index (χ2v) is 7.17. The number of anilines is 1. The fraction of sp³-hybridized carbons (Fsp3) is 0.143. The maximum Gasteiger partial charge on any atom is 0.263 e. The van der Waals surface area contributed by atoms with Crippen molar-refractivity contribution in [3.05, 3.63) is 58.9 Å². The van der Waals surface area contributed by atoms with Crippen LogP contribution in [0.2, 0.25) is 5.02 Å². The molecule has 0 aliphatic carbocycles. The molecule has 0 atom stereocenters. The Morgan fingerprint density at radius 3 is 2.43 bits per heavy atom. The van der Waals surface area contributed by atoms with Gasteiger partial charge in [-0.1, -0.05) is 39.7 Å². The molecule has 0 saturated heterocycles. The van der Waals surface area contributed by atoms with Crippen LogP contribution >= 0.6 is 27.5 Å². The molecule has 2 aromatic carbocycles. The monoisotopic (exact) mass is 391 g/mol. The quantitative estimate of drug-likeness (QED) is 0.775. The number of rotatable bonds is 5. The van der Waals surface area contributed by atoms with E-state index in [1.54, 1.807) is 12.1 Å². The lowest BCUT2D eigenvalue weighted by Crippen LogP contribution is -2.13. The molecular formula is C14H12BrClFNO2S. The molecule has 0 radical (unpaired) electrons. The van der Waals surface area contributed by atoms with Crippen LogP contribution in [0.15, 0.2) is 47.4 Å². The normalized spacial score (nSPS) is 11.4. The van der Waals surface area contributed by atoms with Crippen LogP contribution < -0.4 is 4.72 Å². The Morgan fingerprint density at radius 1 is 1.14 bits per heavy atom. The average molecular weight is 393 g/mol. The summed E-state index contributed by atoms with van der Waals surface area (Å²) >= 11 is 9.16. The number of halogens is 3. The van der Waals surface area contributed by atoms with E-state index in [4.69, 9.17) is 11.6 Å². The number of alkyl halides is 1. The van der Waals surface area contributed by atoms with Gasteiger partial charge in [-0.25, -0.2) is 12.8 Å². The van der Waals surface area contributed by atoms with Crippen molar-refractivity contribution in [3.63, 3.8) is 0 Å². The van der Waals surface area contributed by atoms with Gasteiger partial charge >= 0.3 is 0 Å². The first kappa shape index (κ1) is 16.3. The minimum absolute atomic E-state index is 0.0280. The van der Waals surface area contributed by atoms with Crippen LogP contribution in [0.1, 0.15) is 5.56 Å². The third-order valence-electron chi connectivity index (χ3n) is 2.77. The highest BCUT2D eigenvalue weighted by atomic mass is 79.9. The lowest BCUT2D eigenvalue weighted by atomic mass is 10.2. The molecule has 112 valence electrons. The SMILES string of the molecule is O=S(=O)(Nc1ccc(CCBr)cc1)c1cc(F)ccc1Cl. The summed E-state index contributed by atoms with van der Waals surface area (Å²) in [6.07, 6.45) is 0.850. The number of hydrogen-bond donors (Lipinski definition) is 1. The lowest BCUT2D eigenvalue weighted by Gasteiger charge is -2.10. The van der Waals surface area contributed by atoms with Crippen LogP contribution in [-0.4, -0.2) is 13.7 Å². The number of benzene rings is 2. The van der Waals surface area contributed by atoms with Crippen molar-refractivity contribution in [2.24, 2.45) is 0 Å². The summed E-state index contributed by atoms with van der Waals surface area (Å²) in [5, 5.41) is 0.802. The summed E-state index contributed by atoms with van der Waals surface area (Å²) in [7, 11) is -3.92. The molecular weight excluding hydrogens is 381 g/mol. The van der Waals surface area contributed by atoms with E-state index in [1.807, 2.05) is 12.1 Å². The van der Waals surface area contributed by atoms with Crippen molar-refractivity contribution in [2.75, 3.05) is 10.1 Å². The molecule has 0 bridgehead atoms. The van der Waals surface area contributed by atoms with Crippen molar-refractivity contribution in [1.82, 2.24) is 0 Å². The molecule has 0 saturated carbocycles. The van der Waals surface area contributed by atoms with E-state index in [-0.39, 0.29) is 9.92 Å². The second kappa shape index (κ2) is 6.77. The van der Waals surface area contributed by atoms with Gasteiger partial charge in [-0.15, -0.1) is 0 Å². The van der Waals surface area contributed by atoms with Crippen LogP contribution in [-0.2, 0) is 16.4 Å². The highest BCUT2D eigenvalue weighted by molar-refractivity contribution is 9.09. The van der Waals surface area contributed by atoms with E-state index in [0.717, 1.165) is 29.4 Å². The summed E-state index contributed by atoms with van der Waals surface area (Å²) in [6.45, 7) is 0. The molecule has 0 heterocycles. The zero-order valence-corrected chi connectivity index (χ0v) is 14.0. The third-order valence-corrected chi connectivity index (χ3v) is 5.03. The predicted octanol–water partition coefficient (Wildman–Crippen LogP) is 4.22. The zero-order chi connectivity index (χ0) is 15.5. The molecule has 0 unspecified atom stereocenters. The molecule has 2 rings (SSSR count). The Bertz CT molecular complexity index is 735. The van der Waals surface area contributed by atoms with Gasteiger partial charge in [0.15, 0.2) is 0 Å². The number of nitrogens with one attached hydrogen (secondary N) is 1. The Morgan fingerprint density at radius 2 is 1.81 bits per heavy atom. The molecule has 0 aliphatic heterocycles. The van der Waals surface area contributed by atoms with Crippen LogP contribution in [0.5, 0.6) is 0 Å². The van der Waals surface area contributed by atoms with Gasteiger partial charge in [0.05, 0.1) is 5.02 Å². The summed E-state index contributed by atoms with van der Waals surface area (Å²) in [6, 6.07) is 10.2. The molecule has 0 fully saturated rings. The standard InChI is InChI=1S/C14H12BrClFNO2S/c15-8-7-10-1-4-12(5-2-10)18-21(19,20)14-9-11(17)3-6-13(14)16/h1-6,9,18H,7-8H2. The molecule has 0 aromatic heterocycles. The summed E-state index contributed by atoms with van der Waals surface area (Å²) in [5.41, 5.74) is 1.48. The third kappa shape index (κ3) is 4.18. The fourth-order valence-corrected chi connectivity index (χ4v) is 3.77. The van der Waals surface area contributed by atoms with E-state index >= 15 is 0 Å². The van der Waals surface area contributed by atoms with E-state index in [9.17, 15) is 12.8 Å². The largest absolute Gasteiger partial charge is 0.280 e. The van der Waals surface area contributed by atoms with Gasteiger partial charge in [-0.3, -0.25) is 4.72 Å². The molecule has 2 aromatic rings. The zero-order valence-electron chi connectivity index (χ0n) is 10.8. The maximum absolute atomic E-state index is 13.2. The molecule has 0 amide bonds. The van der Waals surface area contributed by atoms with Gasteiger partial charge in [0.25, 0.3) is 10.0 Å². The topological polar surface area (TPSA) is 46.2 Å². The predicted molar refractivity (Wildman–Crippen MR) is 86.2 cm³/mol. The van der Waals surface area contributed by atoms with Crippen molar-refractivity contribution >= 4 is 43.2 Å². The number of aryl methyl sites for hydroxylation is 1. The van der Waals surface area contributed by atoms with E-state index in [1.165, 1.54) is 6.07 Å². The number of sulfonamides is 1.